The number of benzene rings is 8. The molecule has 0 radical (unpaired) electrons. The first-order valence-electron chi connectivity index (χ1n) is 18.5. The molecular formula is C51H37N. The smallest absolute Gasteiger partial charge is 0.0726 e. The molecule has 0 saturated carbocycles. The normalized spacial score (nSPS) is 13.8. The van der Waals surface area contributed by atoms with Crippen molar-refractivity contribution in [2.24, 2.45) is 0 Å². The van der Waals surface area contributed by atoms with Gasteiger partial charge in [-0.15, -0.1) is 0 Å². The Balaban J connectivity index is 1.21. The van der Waals surface area contributed by atoms with Crippen LogP contribution in [0.15, 0.2) is 158 Å². The van der Waals surface area contributed by atoms with E-state index in [1.54, 1.807) is 0 Å². The molecule has 0 heterocycles. The molecular weight excluding hydrogens is 627 g/mol. The summed E-state index contributed by atoms with van der Waals surface area (Å²) in [5.41, 5.74) is 23.3. The zero-order valence-electron chi connectivity index (χ0n) is 29.7. The fraction of sp³-hybridized carbons (Fsp3) is 0.0980. The summed E-state index contributed by atoms with van der Waals surface area (Å²) in [6.45, 7) is 6.70. The van der Waals surface area contributed by atoms with Crippen LogP contribution in [-0.2, 0) is 11.8 Å². The van der Waals surface area contributed by atoms with Gasteiger partial charge < -0.3 is 4.90 Å². The highest BCUT2D eigenvalue weighted by molar-refractivity contribution is 6.07. The Morgan fingerprint density at radius 1 is 0.404 bits per heavy atom. The first-order valence-corrected chi connectivity index (χ1v) is 18.5. The monoisotopic (exact) mass is 663 g/mol. The zero-order chi connectivity index (χ0) is 34.7. The molecule has 1 heteroatoms. The maximum Gasteiger partial charge on any atom is 0.0726 e. The van der Waals surface area contributed by atoms with E-state index in [1.807, 2.05) is 0 Å². The van der Waals surface area contributed by atoms with E-state index < -0.39 is 5.41 Å². The molecule has 246 valence electrons. The Morgan fingerprint density at radius 3 is 1.71 bits per heavy atom. The molecule has 0 aromatic heterocycles. The van der Waals surface area contributed by atoms with Gasteiger partial charge in [0.1, 0.15) is 0 Å². The summed E-state index contributed by atoms with van der Waals surface area (Å²) in [6, 6.07) is 60.0. The average molecular weight is 664 g/mol. The third-order valence-corrected chi connectivity index (χ3v) is 12.0. The molecule has 3 aliphatic carbocycles. The number of nitrogens with zero attached hydrogens (tertiary/aromatic N) is 1. The minimum Gasteiger partial charge on any atom is -0.310 e. The van der Waals surface area contributed by atoms with E-state index in [0.29, 0.717) is 0 Å². The largest absolute Gasteiger partial charge is 0.310 e. The van der Waals surface area contributed by atoms with Crippen molar-refractivity contribution in [3.05, 3.63) is 208 Å². The van der Waals surface area contributed by atoms with Crippen molar-refractivity contribution in [2.75, 3.05) is 4.90 Å². The van der Waals surface area contributed by atoms with Crippen molar-refractivity contribution in [2.45, 2.75) is 32.6 Å². The van der Waals surface area contributed by atoms with Crippen molar-refractivity contribution >= 4 is 27.8 Å². The third-order valence-electron chi connectivity index (χ3n) is 12.0. The number of aryl methyl sites for hydroxylation is 3. The quantitative estimate of drug-likeness (QED) is 0.182. The summed E-state index contributed by atoms with van der Waals surface area (Å²) in [6.07, 6.45) is 0.961. The minimum absolute atomic E-state index is 0.434. The molecule has 8 aromatic rings. The van der Waals surface area contributed by atoms with Gasteiger partial charge in [-0.2, -0.15) is 0 Å². The highest BCUT2D eigenvalue weighted by atomic mass is 15.1. The Morgan fingerprint density at radius 2 is 0.981 bits per heavy atom. The highest BCUT2D eigenvalue weighted by Crippen LogP contribution is 2.64. The molecule has 0 amide bonds. The second kappa shape index (κ2) is 10.7. The lowest BCUT2D eigenvalue weighted by Gasteiger charge is -2.32. The van der Waals surface area contributed by atoms with Crippen molar-refractivity contribution in [3.63, 3.8) is 0 Å². The topological polar surface area (TPSA) is 3.24 Å². The molecule has 0 atom stereocenters. The molecule has 8 aromatic carbocycles. The summed E-state index contributed by atoms with van der Waals surface area (Å²) >= 11 is 0. The van der Waals surface area contributed by atoms with Gasteiger partial charge in [0.2, 0.25) is 0 Å². The van der Waals surface area contributed by atoms with E-state index in [0.717, 1.165) is 6.42 Å². The first-order chi connectivity index (χ1) is 25.5. The predicted octanol–water partition coefficient (Wildman–Crippen LogP) is 13.1. The van der Waals surface area contributed by atoms with Crippen LogP contribution in [0.5, 0.6) is 0 Å². The van der Waals surface area contributed by atoms with Gasteiger partial charge in [-0.1, -0.05) is 121 Å². The summed E-state index contributed by atoms with van der Waals surface area (Å²) < 4.78 is 0. The van der Waals surface area contributed by atoms with Gasteiger partial charge >= 0.3 is 0 Å². The van der Waals surface area contributed by atoms with Crippen LogP contribution in [0.1, 0.15) is 50.1 Å². The van der Waals surface area contributed by atoms with Crippen molar-refractivity contribution in [3.8, 4) is 33.4 Å². The van der Waals surface area contributed by atoms with Crippen LogP contribution in [0, 0.1) is 20.8 Å². The van der Waals surface area contributed by atoms with Gasteiger partial charge in [0.25, 0.3) is 0 Å². The summed E-state index contributed by atoms with van der Waals surface area (Å²) in [5, 5.41) is 2.65. The second-order valence-electron chi connectivity index (χ2n) is 15.1. The molecule has 1 nitrogen and oxygen atoms in total. The summed E-state index contributed by atoms with van der Waals surface area (Å²) in [7, 11) is 0. The fourth-order valence-corrected chi connectivity index (χ4v) is 10.1. The van der Waals surface area contributed by atoms with Crippen LogP contribution in [0.4, 0.5) is 17.1 Å². The number of hydrogen-bond acceptors (Lipinski definition) is 1. The number of hydrogen-bond donors (Lipinski definition) is 0. The van der Waals surface area contributed by atoms with Crippen molar-refractivity contribution in [1.82, 2.24) is 0 Å². The van der Waals surface area contributed by atoms with Gasteiger partial charge in [-0.25, -0.2) is 0 Å². The summed E-state index contributed by atoms with van der Waals surface area (Å²) in [5.74, 6) is 0. The van der Waals surface area contributed by atoms with Crippen LogP contribution in [0.25, 0.3) is 44.2 Å². The Labute approximate surface area is 305 Å². The average Bonchev–Trinajstić information content (AvgIpc) is 3.78. The standard InChI is InChI=1S/C51H37N/c1-31-24-32(2)26-38(25-31)52(36-20-22-41-35(29-36)28-34-12-4-5-14-40(34)41)37-21-23-45-48(30-37)51(49-27-33(3)39-13-6-7-17-44(39)50(45)49)46-18-10-8-15-42(46)43-16-9-11-19-47(43)51/h4-27,29-30H,28H2,1-3H3. The zero-order valence-corrected chi connectivity index (χ0v) is 29.7. The van der Waals surface area contributed by atoms with Crippen LogP contribution in [-0.4, -0.2) is 0 Å². The molecule has 0 saturated heterocycles. The molecule has 0 fully saturated rings. The first kappa shape index (κ1) is 29.5. The molecule has 52 heavy (non-hydrogen) atoms. The lowest BCUT2D eigenvalue weighted by Crippen LogP contribution is -2.26. The molecule has 0 bridgehead atoms. The maximum absolute atomic E-state index is 2.53. The van der Waals surface area contributed by atoms with Crippen molar-refractivity contribution < 1.29 is 0 Å². The molecule has 3 aliphatic rings. The molecule has 11 rings (SSSR count). The van der Waals surface area contributed by atoms with E-state index in [4.69, 9.17) is 0 Å². The lowest BCUT2D eigenvalue weighted by molar-refractivity contribution is 0.793. The number of anilines is 3. The molecule has 0 aliphatic heterocycles. The fourth-order valence-electron chi connectivity index (χ4n) is 10.1. The SMILES string of the molecule is Cc1cc(C)cc(N(c2ccc3c(c2)Cc2ccccc2-3)c2ccc3c(c2)C2(c4ccccc4-c4ccccc42)c2cc(C)c4ccccc4c2-3)c1. The van der Waals surface area contributed by atoms with Gasteiger partial charge in [0.15, 0.2) is 0 Å². The number of fused-ring (bicyclic) bond motifs is 15. The highest BCUT2D eigenvalue weighted by Gasteiger charge is 2.52. The Kier molecular flexibility index (Phi) is 6.06. The van der Waals surface area contributed by atoms with E-state index in [9.17, 15) is 0 Å². The minimum atomic E-state index is -0.434. The Hall–Kier alpha value is -6.18. The van der Waals surface area contributed by atoms with Crippen LogP contribution >= 0.6 is 0 Å². The third kappa shape index (κ3) is 3.88. The van der Waals surface area contributed by atoms with Crippen LogP contribution in [0.2, 0.25) is 0 Å². The van der Waals surface area contributed by atoms with Crippen LogP contribution < -0.4 is 4.90 Å². The Bertz CT molecular complexity index is 2750. The molecule has 0 unspecified atom stereocenters. The predicted molar refractivity (Wildman–Crippen MR) is 217 cm³/mol. The van der Waals surface area contributed by atoms with E-state index in [2.05, 4.69) is 183 Å². The molecule has 1 spiro atoms. The van der Waals surface area contributed by atoms with Gasteiger partial charge in [-0.05, 0) is 158 Å². The molecule has 0 N–H and O–H groups in total. The van der Waals surface area contributed by atoms with E-state index in [1.165, 1.54) is 111 Å². The number of rotatable bonds is 3. The van der Waals surface area contributed by atoms with Gasteiger partial charge in [0, 0.05) is 17.1 Å². The second-order valence-corrected chi connectivity index (χ2v) is 15.1. The van der Waals surface area contributed by atoms with Crippen LogP contribution in [0.3, 0.4) is 0 Å². The van der Waals surface area contributed by atoms with Gasteiger partial charge in [0.05, 0.1) is 5.41 Å². The summed E-state index contributed by atoms with van der Waals surface area (Å²) in [4.78, 5) is 2.50. The van der Waals surface area contributed by atoms with E-state index >= 15 is 0 Å². The van der Waals surface area contributed by atoms with Crippen molar-refractivity contribution in [1.29, 1.82) is 0 Å². The van der Waals surface area contributed by atoms with Gasteiger partial charge in [-0.3, -0.25) is 0 Å². The van der Waals surface area contributed by atoms with E-state index in [-0.39, 0.29) is 0 Å². The maximum atomic E-state index is 2.53. The lowest BCUT2D eigenvalue weighted by atomic mass is 9.70.